The lowest BCUT2D eigenvalue weighted by Gasteiger charge is -1.98. The quantitative estimate of drug-likeness (QED) is 0.570. The van der Waals surface area contributed by atoms with E-state index >= 15 is 0 Å². The van der Waals surface area contributed by atoms with Crippen LogP contribution in [0.25, 0.3) is 22.7 Å². The van der Waals surface area contributed by atoms with Gasteiger partial charge in [0.25, 0.3) is 5.89 Å². The summed E-state index contributed by atoms with van der Waals surface area (Å²) in [7, 11) is 0. The van der Waals surface area contributed by atoms with E-state index in [0.717, 1.165) is 11.0 Å². The van der Waals surface area contributed by atoms with Crippen LogP contribution in [0.15, 0.2) is 57.9 Å². The van der Waals surface area contributed by atoms with Gasteiger partial charge in [-0.15, -0.1) is 0 Å². The van der Waals surface area contributed by atoms with Crippen LogP contribution >= 0.6 is 0 Å². The number of nitrogens with zero attached hydrogens (tertiary/aromatic N) is 4. The minimum Gasteiger partial charge on any atom is -0.459 e. The zero-order valence-corrected chi connectivity index (χ0v) is 10.4. The van der Waals surface area contributed by atoms with Crippen LogP contribution in [0.1, 0.15) is 5.82 Å². The Bertz CT molecular complexity index is 845. The maximum Gasteiger partial charge on any atom is 0.293 e. The average Bonchev–Trinajstić information content (AvgIpc) is 3.19. The monoisotopic (exact) mass is 266 g/mol. The van der Waals surface area contributed by atoms with E-state index in [0.29, 0.717) is 24.0 Å². The van der Waals surface area contributed by atoms with Gasteiger partial charge < -0.3 is 13.5 Å². The molecule has 0 N–H and O–H groups in total. The Kier molecular flexibility index (Phi) is 2.38. The zero-order valence-electron chi connectivity index (χ0n) is 10.4. The number of fused-ring (bicyclic) bond motifs is 1. The van der Waals surface area contributed by atoms with Crippen molar-refractivity contribution in [3.05, 3.63) is 54.8 Å². The van der Waals surface area contributed by atoms with Crippen LogP contribution in [-0.2, 0) is 6.54 Å². The molecule has 98 valence electrons. The Morgan fingerprint density at radius 1 is 1.10 bits per heavy atom. The SMILES string of the molecule is c1coc(-c2nc(Cn3cnc4ccccc43)no2)c1. The number of aromatic nitrogens is 4. The van der Waals surface area contributed by atoms with E-state index in [1.807, 2.05) is 28.8 Å². The molecule has 1 aromatic carbocycles. The van der Waals surface area contributed by atoms with Gasteiger partial charge in [0.15, 0.2) is 11.6 Å². The molecular formula is C14H10N4O2. The molecule has 0 unspecified atom stereocenters. The average molecular weight is 266 g/mol. The van der Waals surface area contributed by atoms with Crippen LogP contribution in [0.3, 0.4) is 0 Å². The summed E-state index contributed by atoms with van der Waals surface area (Å²) < 4.78 is 12.4. The minimum atomic E-state index is 0.384. The fourth-order valence-corrected chi connectivity index (χ4v) is 2.11. The summed E-state index contributed by atoms with van der Waals surface area (Å²) in [4.78, 5) is 8.64. The predicted octanol–water partition coefficient (Wildman–Crippen LogP) is 2.73. The Balaban J connectivity index is 1.66. The van der Waals surface area contributed by atoms with Gasteiger partial charge in [-0.05, 0) is 24.3 Å². The lowest BCUT2D eigenvalue weighted by molar-refractivity contribution is 0.407. The molecular weight excluding hydrogens is 256 g/mol. The molecule has 0 fully saturated rings. The van der Waals surface area contributed by atoms with E-state index in [1.165, 1.54) is 0 Å². The van der Waals surface area contributed by atoms with Gasteiger partial charge in [0.2, 0.25) is 0 Å². The third kappa shape index (κ3) is 1.78. The number of rotatable bonds is 3. The number of benzene rings is 1. The van der Waals surface area contributed by atoms with Crippen LogP contribution in [0.4, 0.5) is 0 Å². The van der Waals surface area contributed by atoms with Crippen molar-refractivity contribution in [1.29, 1.82) is 0 Å². The summed E-state index contributed by atoms with van der Waals surface area (Å²) in [6.07, 6.45) is 3.34. The minimum absolute atomic E-state index is 0.384. The van der Waals surface area contributed by atoms with E-state index in [4.69, 9.17) is 8.94 Å². The molecule has 6 heteroatoms. The summed E-state index contributed by atoms with van der Waals surface area (Å²) in [5.74, 6) is 1.54. The maximum atomic E-state index is 5.22. The Morgan fingerprint density at radius 3 is 2.95 bits per heavy atom. The maximum absolute atomic E-state index is 5.22. The van der Waals surface area contributed by atoms with Gasteiger partial charge >= 0.3 is 0 Å². The summed E-state index contributed by atoms with van der Waals surface area (Å²) >= 11 is 0. The van der Waals surface area contributed by atoms with E-state index in [2.05, 4.69) is 15.1 Å². The first-order valence-electron chi connectivity index (χ1n) is 6.16. The van der Waals surface area contributed by atoms with E-state index in [1.54, 1.807) is 24.7 Å². The highest BCUT2D eigenvalue weighted by atomic mass is 16.5. The van der Waals surface area contributed by atoms with Crippen molar-refractivity contribution in [3.8, 4) is 11.7 Å². The molecule has 3 aromatic heterocycles. The van der Waals surface area contributed by atoms with Crippen LogP contribution in [0.5, 0.6) is 0 Å². The fraction of sp³-hybridized carbons (Fsp3) is 0.0714. The molecule has 20 heavy (non-hydrogen) atoms. The van der Waals surface area contributed by atoms with Gasteiger partial charge in [0, 0.05) is 0 Å². The second kappa shape index (κ2) is 4.34. The molecule has 0 atom stereocenters. The third-order valence-corrected chi connectivity index (χ3v) is 3.04. The molecule has 0 spiro atoms. The summed E-state index contributed by atoms with van der Waals surface area (Å²) in [5, 5.41) is 3.96. The van der Waals surface area contributed by atoms with Crippen molar-refractivity contribution in [2.75, 3.05) is 0 Å². The molecule has 0 amide bonds. The molecule has 0 aliphatic heterocycles. The zero-order chi connectivity index (χ0) is 13.4. The van der Waals surface area contributed by atoms with Gasteiger partial charge in [-0.2, -0.15) is 4.98 Å². The third-order valence-electron chi connectivity index (χ3n) is 3.04. The molecule has 3 heterocycles. The number of hydrogen-bond acceptors (Lipinski definition) is 5. The highest BCUT2D eigenvalue weighted by molar-refractivity contribution is 5.74. The lowest BCUT2D eigenvalue weighted by atomic mass is 10.3. The second-order valence-corrected chi connectivity index (χ2v) is 4.35. The van der Waals surface area contributed by atoms with Crippen molar-refractivity contribution in [2.45, 2.75) is 6.54 Å². The Hall–Kier alpha value is -2.89. The number of hydrogen-bond donors (Lipinski definition) is 0. The van der Waals surface area contributed by atoms with Gasteiger partial charge in [-0.3, -0.25) is 0 Å². The van der Waals surface area contributed by atoms with E-state index in [9.17, 15) is 0 Å². The van der Waals surface area contributed by atoms with Crippen molar-refractivity contribution < 1.29 is 8.94 Å². The molecule has 0 aliphatic carbocycles. The van der Waals surface area contributed by atoms with Crippen molar-refractivity contribution >= 4 is 11.0 Å². The first-order valence-corrected chi connectivity index (χ1v) is 6.16. The summed E-state index contributed by atoms with van der Waals surface area (Å²) in [6, 6.07) is 11.5. The molecule has 4 rings (SSSR count). The van der Waals surface area contributed by atoms with Gasteiger partial charge in [-0.1, -0.05) is 17.3 Å². The molecule has 6 nitrogen and oxygen atoms in total. The Morgan fingerprint density at radius 2 is 2.05 bits per heavy atom. The fourth-order valence-electron chi connectivity index (χ4n) is 2.11. The standard InChI is InChI=1S/C14H10N4O2/c1-2-5-11-10(4-1)15-9-18(11)8-13-16-14(20-17-13)12-6-3-7-19-12/h1-7,9H,8H2. The van der Waals surface area contributed by atoms with Crippen molar-refractivity contribution in [3.63, 3.8) is 0 Å². The van der Waals surface area contributed by atoms with Crippen molar-refractivity contribution in [1.82, 2.24) is 19.7 Å². The van der Waals surface area contributed by atoms with Gasteiger partial charge in [-0.25, -0.2) is 4.98 Å². The van der Waals surface area contributed by atoms with Crippen molar-refractivity contribution in [2.24, 2.45) is 0 Å². The Labute approximate surface area is 113 Å². The van der Waals surface area contributed by atoms with Crippen LogP contribution in [-0.4, -0.2) is 19.7 Å². The smallest absolute Gasteiger partial charge is 0.293 e. The van der Waals surface area contributed by atoms with Crippen LogP contribution in [0, 0.1) is 0 Å². The molecule has 4 aromatic rings. The summed E-state index contributed by atoms with van der Waals surface area (Å²) in [6.45, 7) is 0.505. The number of imidazole rings is 1. The normalized spacial score (nSPS) is 11.2. The van der Waals surface area contributed by atoms with E-state index in [-0.39, 0.29) is 0 Å². The molecule has 0 saturated carbocycles. The van der Waals surface area contributed by atoms with Crippen LogP contribution < -0.4 is 0 Å². The molecule has 0 saturated heterocycles. The topological polar surface area (TPSA) is 69.9 Å². The largest absolute Gasteiger partial charge is 0.459 e. The highest BCUT2D eigenvalue weighted by Crippen LogP contribution is 2.18. The summed E-state index contributed by atoms with van der Waals surface area (Å²) in [5.41, 5.74) is 1.99. The first-order chi connectivity index (χ1) is 9.90. The highest BCUT2D eigenvalue weighted by Gasteiger charge is 2.12. The molecule has 0 aliphatic rings. The number of para-hydroxylation sites is 2. The van der Waals surface area contributed by atoms with Gasteiger partial charge in [0.1, 0.15) is 0 Å². The lowest BCUT2D eigenvalue weighted by Crippen LogP contribution is -1.99. The second-order valence-electron chi connectivity index (χ2n) is 4.35. The van der Waals surface area contributed by atoms with E-state index < -0.39 is 0 Å². The first kappa shape index (κ1) is 11.0. The predicted molar refractivity (Wildman–Crippen MR) is 70.8 cm³/mol. The number of furan rings is 1. The van der Waals surface area contributed by atoms with Gasteiger partial charge in [0.05, 0.1) is 30.2 Å². The molecule has 0 bridgehead atoms. The van der Waals surface area contributed by atoms with Crippen LogP contribution in [0.2, 0.25) is 0 Å². The molecule has 0 radical (unpaired) electrons.